The number of carbonyl (C=O) groups is 2. The Labute approximate surface area is 209 Å². The van der Waals surface area contributed by atoms with Crippen molar-refractivity contribution >= 4 is 28.9 Å². The van der Waals surface area contributed by atoms with Crippen molar-refractivity contribution in [3.8, 4) is 11.3 Å². The quantitative estimate of drug-likeness (QED) is 0.375. The van der Waals surface area contributed by atoms with Crippen LogP contribution in [-0.2, 0) is 6.54 Å². The number of benzene rings is 2. The van der Waals surface area contributed by atoms with Gasteiger partial charge in [0.25, 0.3) is 5.91 Å². The Balaban J connectivity index is 1.39. The molecule has 5 rings (SSSR count). The Hall–Kier alpha value is -4.61. The van der Waals surface area contributed by atoms with Crippen molar-refractivity contribution in [3.63, 3.8) is 0 Å². The van der Waals surface area contributed by atoms with Gasteiger partial charge in [-0.25, -0.2) is 28.2 Å². The summed E-state index contributed by atoms with van der Waals surface area (Å²) in [5.41, 5.74) is 8.66. The predicted molar refractivity (Wildman–Crippen MR) is 131 cm³/mol. The third-order valence-corrected chi connectivity index (χ3v) is 6.34. The van der Waals surface area contributed by atoms with Gasteiger partial charge in [-0.1, -0.05) is 24.3 Å². The van der Waals surface area contributed by atoms with Crippen LogP contribution in [0.5, 0.6) is 0 Å². The Morgan fingerprint density at radius 3 is 2.54 bits per heavy atom. The molecule has 2 amide bonds. The summed E-state index contributed by atoms with van der Waals surface area (Å²) in [4.78, 5) is 33.7. The van der Waals surface area contributed by atoms with Gasteiger partial charge in [-0.2, -0.15) is 5.10 Å². The predicted octanol–water partition coefficient (Wildman–Crippen LogP) is 3.60. The fraction of sp³-hybridized carbons (Fsp3) is 0.240. The number of hydrogen-bond donors (Lipinski definition) is 3. The van der Waals surface area contributed by atoms with E-state index in [2.05, 4.69) is 15.3 Å². The minimum atomic E-state index is -0.972. The van der Waals surface area contributed by atoms with Crippen molar-refractivity contribution in [2.45, 2.75) is 25.4 Å². The Kier molecular flexibility index (Phi) is 6.38. The van der Waals surface area contributed by atoms with Crippen LogP contribution in [-0.4, -0.2) is 54.8 Å². The van der Waals surface area contributed by atoms with Crippen LogP contribution in [0.4, 0.5) is 19.4 Å². The molecule has 3 heterocycles. The second kappa shape index (κ2) is 9.80. The highest BCUT2D eigenvalue weighted by Crippen LogP contribution is 2.33. The van der Waals surface area contributed by atoms with E-state index in [1.165, 1.54) is 11.2 Å². The van der Waals surface area contributed by atoms with E-state index in [1.807, 2.05) is 12.1 Å². The number of piperidine rings is 1. The van der Waals surface area contributed by atoms with E-state index < -0.39 is 23.6 Å². The van der Waals surface area contributed by atoms with Crippen LogP contribution >= 0.6 is 0 Å². The number of nitrogen functional groups attached to an aromatic ring is 1. The van der Waals surface area contributed by atoms with E-state index in [4.69, 9.17) is 10.8 Å². The van der Waals surface area contributed by atoms with E-state index in [1.54, 1.807) is 16.8 Å². The highest BCUT2D eigenvalue weighted by molar-refractivity contribution is 5.98. The summed E-state index contributed by atoms with van der Waals surface area (Å²) in [6, 6.07) is 9.65. The van der Waals surface area contributed by atoms with Crippen LogP contribution in [0.3, 0.4) is 0 Å². The second-order valence-electron chi connectivity index (χ2n) is 8.81. The van der Waals surface area contributed by atoms with Gasteiger partial charge in [0, 0.05) is 36.8 Å². The van der Waals surface area contributed by atoms with E-state index >= 15 is 0 Å². The summed E-state index contributed by atoms with van der Waals surface area (Å²) in [5, 5.41) is 17.4. The van der Waals surface area contributed by atoms with Crippen molar-refractivity contribution in [1.82, 2.24) is 30.0 Å². The van der Waals surface area contributed by atoms with Crippen molar-refractivity contribution < 1.29 is 23.5 Å². The summed E-state index contributed by atoms with van der Waals surface area (Å²) in [5.74, 6) is -1.99. The molecule has 1 atom stereocenters. The Morgan fingerprint density at radius 2 is 1.84 bits per heavy atom. The van der Waals surface area contributed by atoms with Crippen LogP contribution in [0.15, 0.2) is 48.8 Å². The average Bonchev–Trinajstić information content (AvgIpc) is 3.28. The van der Waals surface area contributed by atoms with Gasteiger partial charge in [-0.15, -0.1) is 0 Å². The molecule has 37 heavy (non-hydrogen) atoms. The number of halogens is 2. The molecule has 2 aromatic heterocycles. The van der Waals surface area contributed by atoms with Gasteiger partial charge in [-0.3, -0.25) is 4.79 Å². The zero-order valence-corrected chi connectivity index (χ0v) is 19.6. The SMILES string of the molecule is Nc1ncnc2c1c(-c1ccc(CNC(=O)c3cc(F)cc(F)c3)cc1)nn2[C@@H]1CCCN(C(=O)O)C1. The summed E-state index contributed by atoms with van der Waals surface area (Å²) in [7, 11) is 0. The lowest BCUT2D eigenvalue weighted by molar-refractivity contribution is 0.0949. The fourth-order valence-electron chi connectivity index (χ4n) is 4.53. The molecule has 0 spiro atoms. The molecule has 0 unspecified atom stereocenters. The smallest absolute Gasteiger partial charge is 0.407 e. The number of nitrogens with one attached hydrogen (secondary N) is 1. The molecule has 1 saturated heterocycles. The fourth-order valence-corrected chi connectivity index (χ4v) is 4.53. The number of nitrogens with two attached hydrogens (primary N) is 1. The number of likely N-dealkylation sites (tertiary alicyclic amines) is 1. The van der Waals surface area contributed by atoms with Gasteiger partial charge in [-0.05, 0) is 30.5 Å². The third-order valence-electron chi connectivity index (χ3n) is 6.34. The van der Waals surface area contributed by atoms with Crippen molar-refractivity contribution in [3.05, 3.63) is 71.6 Å². The highest BCUT2D eigenvalue weighted by Gasteiger charge is 2.28. The summed E-state index contributed by atoms with van der Waals surface area (Å²) in [6.07, 6.45) is 1.84. The second-order valence-corrected chi connectivity index (χ2v) is 8.81. The Morgan fingerprint density at radius 1 is 1.11 bits per heavy atom. The zero-order chi connectivity index (χ0) is 26.1. The lowest BCUT2D eigenvalue weighted by Crippen LogP contribution is -2.40. The molecule has 0 aliphatic carbocycles. The minimum absolute atomic E-state index is 0.106. The molecule has 0 bridgehead atoms. The van der Waals surface area contributed by atoms with Crippen molar-refractivity contribution in [2.24, 2.45) is 0 Å². The first-order chi connectivity index (χ1) is 17.8. The molecule has 190 valence electrons. The molecule has 0 radical (unpaired) electrons. The third kappa shape index (κ3) is 4.90. The monoisotopic (exact) mass is 507 g/mol. The molecule has 12 heteroatoms. The maximum atomic E-state index is 13.4. The molecule has 1 fully saturated rings. The Bertz CT molecular complexity index is 1470. The van der Waals surface area contributed by atoms with Crippen LogP contribution in [0.1, 0.15) is 34.8 Å². The number of nitrogens with zero attached hydrogens (tertiary/aromatic N) is 5. The van der Waals surface area contributed by atoms with Crippen LogP contribution in [0, 0.1) is 11.6 Å². The standard InChI is InChI=1S/C25H23F2N7O3/c26-17-8-16(9-18(27)10-17)24(35)29-11-14-3-5-15(6-4-14)21-20-22(28)30-13-31-23(20)34(32-21)19-2-1-7-33(12-19)25(36)37/h3-6,8-10,13,19H,1-2,7,11-12H2,(H,29,35)(H,36,37)(H2,28,30,31)/t19-/m1/s1. The summed E-state index contributed by atoms with van der Waals surface area (Å²) >= 11 is 0. The minimum Gasteiger partial charge on any atom is -0.465 e. The summed E-state index contributed by atoms with van der Waals surface area (Å²) < 4.78 is 28.5. The lowest BCUT2D eigenvalue weighted by atomic mass is 10.1. The van der Waals surface area contributed by atoms with E-state index in [0.29, 0.717) is 42.3 Å². The number of carboxylic acid groups (broad SMARTS) is 1. The van der Waals surface area contributed by atoms with Gasteiger partial charge < -0.3 is 21.1 Å². The number of rotatable bonds is 5. The topological polar surface area (TPSA) is 139 Å². The van der Waals surface area contributed by atoms with Crippen molar-refractivity contribution in [2.75, 3.05) is 18.8 Å². The normalized spacial score (nSPS) is 15.6. The molecular formula is C25H23F2N7O3. The van der Waals surface area contributed by atoms with Gasteiger partial charge in [0.15, 0.2) is 5.65 Å². The molecule has 4 N–H and O–H groups in total. The van der Waals surface area contributed by atoms with E-state index in [9.17, 15) is 23.5 Å². The van der Waals surface area contributed by atoms with Gasteiger partial charge in [0.05, 0.1) is 11.4 Å². The van der Waals surface area contributed by atoms with E-state index in [-0.39, 0.29) is 24.0 Å². The van der Waals surface area contributed by atoms with Gasteiger partial charge in [0.1, 0.15) is 29.5 Å². The molecular weight excluding hydrogens is 484 g/mol. The first kappa shape index (κ1) is 24.1. The number of hydrogen-bond acceptors (Lipinski definition) is 6. The zero-order valence-electron chi connectivity index (χ0n) is 19.6. The highest BCUT2D eigenvalue weighted by atomic mass is 19.1. The number of aromatic nitrogens is 4. The van der Waals surface area contributed by atoms with Crippen LogP contribution in [0.2, 0.25) is 0 Å². The average molecular weight is 508 g/mol. The van der Waals surface area contributed by atoms with Crippen LogP contribution in [0.25, 0.3) is 22.3 Å². The van der Waals surface area contributed by atoms with Gasteiger partial charge >= 0.3 is 6.09 Å². The van der Waals surface area contributed by atoms with Crippen molar-refractivity contribution in [1.29, 1.82) is 0 Å². The molecule has 4 aromatic rings. The molecule has 1 aliphatic rings. The number of fused-ring (bicyclic) bond motifs is 1. The van der Waals surface area contributed by atoms with E-state index in [0.717, 1.165) is 29.7 Å². The first-order valence-corrected chi connectivity index (χ1v) is 11.6. The number of carbonyl (C=O) groups excluding carboxylic acids is 1. The maximum Gasteiger partial charge on any atom is 0.407 e. The number of anilines is 1. The molecule has 10 nitrogen and oxygen atoms in total. The molecule has 0 saturated carbocycles. The first-order valence-electron chi connectivity index (χ1n) is 11.6. The molecule has 1 aliphatic heterocycles. The summed E-state index contributed by atoms with van der Waals surface area (Å²) in [6.45, 7) is 0.912. The van der Waals surface area contributed by atoms with Crippen LogP contribution < -0.4 is 11.1 Å². The lowest BCUT2D eigenvalue weighted by Gasteiger charge is -2.30. The number of amides is 2. The maximum absolute atomic E-state index is 13.4. The van der Waals surface area contributed by atoms with Gasteiger partial charge in [0.2, 0.25) is 0 Å². The largest absolute Gasteiger partial charge is 0.465 e. The molecule has 2 aromatic carbocycles.